The molecule has 6 aromatic heterocycles. The molecule has 144 heavy (non-hydrogen) atoms. The van der Waals surface area contributed by atoms with Crippen molar-refractivity contribution < 1.29 is 0 Å². The van der Waals surface area contributed by atoms with Gasteiger partial charge in [0, 0.05) is 104 Å². The number of nitrogens with zero attached hydrogens (tertiary/aromatic N) is 12. The van der Waals surface area contributed by atoms with Crippen LogP contribution in [0.25, 0.3) is 267 Å². The second kappa shape index (κ2) is 38.1. The first kappa shape index (κ1) is 86.1. The minimum absolute atomic E-state index is 0.614. The summed E-state index contributed by atoms with van der Waals surface area (Å²) in [5.41, 5.74) is 24.0. The quantitative estimate of drug-likeness (QED) is 0.0709. The fraction of sp³-hybridized carbons (Fsp3) is 0. The van der Waals surface area contributed by atoms with Crippen molar-refractivity contribution in [2.45, 2.75) is 0 Å². The van der Waals surface area contributed by atoms with E-state index in [1.54, 1.807) is 0 Å². The highest BCUT2D eigenvalue weighted by molar-refractivity contribution is 6.19. The lowest BCUT2D eigenvalue weighted by molar-refractivity contribution is 1.07. The van der Waals surface area contributed by atoms with E-state index in [4.69, 9.17) is 59.8 Å². The van der Waals surface area contributed by atoms with Crippen molar-refractivity contribution in [1.29, 1.82) is 0 Å². The van der Waals surface area contributed by atoms with Gasteiger partial charge in [-0.15, -0.1) is 0 Å². The van der Waals surface area contributed by atoms with Gasteiger partial charge in [0.05, 0.1) is 33.6 Å². The Kier molecular flexibility index (Phi) is 22.8. The van der Waals surface area contributed by atoms with Crippen LogP contribution in [0.15, 0.2) is 510 Å². The van der Waals surface area contributed by atoms with Gasteiger partial charge >= 0.3 is 0 Å². The van der Waals surface area contributed by atoms with Crippen LogP contribution in [-0.4, -0.2) is 59.8 Å². The Morgan fingerprint density at radius 3 is 0.729 bits per heavy atom. The van der Waals surface area contributed by atoms with Crippen LogP contribution in [0, 0.1) is 0 Å². The van der Waals surface area contributed by atoms with Gasteiger partial charge in [0.25, 0.3) is 0 Å². The molecular weight excluding hydrogens is 1750 g/mol. The summed E-state index contributed by atoms with van der Waals surface area (Å²) in [6.07, 6.45) is 0. The van der Waals surface area contributed by atoms with E-state index in [9.17, 15) is 0 Å². The highest BCUT2D eigenvalue weighted by atomic mass is 15.1. The van der Waals surface area contributed by atoms with Crippen LogP contribution in [-0.2, 0) is 0 Å². The molecule has 27 rings (SSSR count). The Bertz CT molecular complexity index is 9270. The number of hydrogen-bond donors (Lipinski definition) is 0. The van der Waals surface area contributed by atoms with Crippen molar-refractivity contribution in [1.82, 2.24) is 59.8 Å². The topological polar surface area (TPSA) is 155 Å². The molecule has 12 heteroatoms. The number of benzene rings is 21. The third kappa shape index (κ3) is 17.3. The summed E-state index contributed by atoms with van der Waals surface area (Å²) in [7, 11) is 0. The molecule has 0 bridgehead atoms. The maximum atomic E-state index is 5.35. The van der Waals surface area contributed by atoms with Crippen LogP contribution < -0.4 is 0 Å². The van der Waals surface area contributed by atoms with Gasteiger partial charge in [-0.3, -0.25) is 0 Å². The second-order valence-electron chi connectivity index (χ2n) is 35.7. The minimum Gasteiger partial charge on any atom is -0.247 e. The van der Waals surface area contributed by atoms with Crippen LogP contribution in [0.5, 0.6) is 0 Å². The van der Waals surface area contributed by atoms with E-state index >= 15 is 0 Å². The maximum Gasteiger partial charge on any atom is 0.164 e. The first-order valence-corrected chi connectivity index (χ1v) is 48.2. The molecule has 672 valence electrons. The summed E-state index contributed by atoms with van der Waals surface area (Å²) < 4.78 is 0. The Hall–Kier alpha value is -19.6. The number of para-hydroxylation sites is 1. The summed E-state index contributed by atoms with van der Waals surface area (Å²) in [4.78, 5) is 60.9. The smallest absolute Gasteiger partial charge is 0.164 e. The van der Waals surface area contributed by atoms with E-state index in [-0.39, 0.29) is 0 Å². The largest absolute Gasteiger partial charge is 0.247 e. The predicted molar refractivity (Wildman–Crippen MR) is 592 cm³/mol. The molecule has 0 aliphatic rings. The number of pyridine rings is 3. The lowest BCUT2D eigenvalue weighted by Crippen LogP contribution is -2.00. The van der Waals surface area contributed by atoms with Gasteiger partial charge < -0.3 is 0 Å². The summed E-state index contributed by atoms with van der Waals surface area (Å²) >= 11 is 0. The molecule has 0 unspecified atom stereocenters. The SMILES string of the molecule is c1ccc(-c2ccc(-c3nc(-c4ccccc4)nc(-c4cccc(-c5nc6c7ccccc7ccc6c6ccccc56)c4)n3)cc2)cc1.c1ccc(-c2ccc(-c3nc(-c4ccccc4)nc(-c4cccc(-c5nc6cc7ccccc7cc6c6ccccc56)c4)n3)cc2)cc1.c1ccc(-c2ccc(-c3nc(-c4ccccc4)nc(-c4cccc(-c5nc6ccccc6c6cc7ccccc7cc56)c4)n3)cc2)cc1. The Morgan fingerprint density at radius 2 is 0.340 bits per heavy atom. The van der Waals surface area contributed by atoms with Gasteiger partial charge in [-0.2, -0.15) is 0 Å². The molecular formula is C132H84N12. The average Bonchev–Trinajstić information content (AvgIpc) is 0.744. The molecule has 27 aromatic rings. The van der Waals surface area contributed by atoms with Gasteiger partial charge in [-0.25, -0.2) is 59.8 Å². The van der Waals surface area contributed by atoms with Crippen molar-refractivity contribution in [3.63, 3.8) is 0 Å². The molecule has 0 aliphatic heterocycles. The fourth-order valence-corrected chi connectivity index (χ4v) is 19.4. The third-order valence-electron chi connectivity index (χ3n) is 26.7. The standard InChI is InChI=1S/3C44H28N4/c1-3-12-29(13-4-1)30-22-24-33(25-23-30)43-46-42(32-15-5-2-6-16-32)47-44(48-43)35-18-11-17-34(28-35)40-38-21-10-9-20-37(38)39-27-26-31-14-7-8-19-36(31)41(39)45-40;1-3-12-29(13-4-1)30-22-24-32(25-23-30)43-46-42(31-14-5-2-6-15-31)47-44(48-43)36-19-11-18-35(26-36)41-39-28-34-17-8-7-16-33(34)27-38(39)37-20-9-10-21-40(37)45-41;1-3-12-29(13-4-1)30-22-24-32(25-23-30)43-46-42(31-14-5-2-6-15-31)47-44(48-43)36-19-11-18-35(26-36)41-38-21-10-9-20-37(38)39-27-33-16-7-8-17-34(33)28-40(39)45-41/h3*1-28H. The van der Waals surface area contributed by atoms with Gasteiger partial charge in [-0.1, -0.05) is 461 Å². The van der Waals surface area contributed by atoms with E-state index in [1.165, 1.54) is 59.8 Å². The van der Waals surface area contributed by atoms with Crippen LogP contribution in [0.1, 0.15) is 0 Å². The number of rotatable bonds is 15. The Balaban J connectivity index is 0.000000113. The molecule has 0 fully saturated rings. The van der Waals surface area contributed by atoms with Crippen molar-refractivity contribution in [2.24, 2.45) is 0 Å². The number of fused-ring (bicyclic) bond motifs is 13. The van der Waals surface area contributed by atoms with E-state index in [2.05, 4.69) is 394 Å². The zero-order valence-electron chi connectivity index (χ0n) is 77.9. The molecule has 12 nitrogen and oxygen atoms in total. The normalized spacial score (nSPS) is 11.3. The predicted octanol–water partition coefficient (Wildman–Crippen LogP) is 33.2. The third-order valence-corrected chi connectivity index (χ3v) is 26.7. The van der Waals surface area contributed by atoms with Crippen LogP contribution in [0.4, 0.5) is 0 Å². The Morgan fingerprint density at radius 1 is 0.0972 bits per heavy atom. The monoisotopic (exact) mass is 1840 g/mol. The summed E-state index contributed by atoms with van der Waals surface area (Å²) in [5, 5.41) is 17.4. The van der Waals surface area contributed by atoms with Gasteiger partial charge in [0.15, 0.2) is 52.4 Å². The van der Waals surface area contributed by atoms with Crippen LogP contribution in [0.3, 0.4) is 0 Å². The Labute approximate surface area is 830 Å². The van der Waals surface area contributed by atoms with Crippen molar-refractivity contribution in [3.05, 3.63) is 510 Å². The zero-order chi connectivity index (χ0) is 95.6. The highest BCUT2D eigenvalue weighted by Gasteiger charge is 2.23. The molecule has 0 saturated carbocycles. The van der Waals surface area contributed by atoms with Crippen LogP contribution in [0.2, 0.25) is 0 Å². The average molecular weight is 1840 g/mol. The van der Waals surface area contributed by atoms with Gasteiger partial charge in [-0.05, 0) is 125 Å². The van der Waals surface area contributed by atoms with E-state index in [0.717, 1.165) is 155 Å². The minimum atomic E-state index is 0.614. The first-order valence-electron chi connectivity index (χ1n) is 48.2. The second-order valence-corrected chi connectivity index (χ2v) is 35.7. The van der Waals surface area contributed by atoms with E-state index in [0.29, 0.717) is 52.4 Å². The van der Waals surface area contributed by atoms with Gasteiger partial charge in [0.2, 0.25) is 0 Å². The fourth-order valence-electron chi connectivity index (χ4n) is 19.4. The lowest BCUT2D eigenvalue weighted by Gasteiger charge is -2.13. The maximum absolute atomic E-state index is 5.35. The molecule has 0 aliphatic carbocycles. The zero-order valence-corrected chi connectivity index (χ0v) is 77.9. The van der Waals surface area contributed by atoms with Crippen molar-refractivity contribution in [3.8, 4) is 170 Å². The molecule has 0 spiro atoms. The molecule has 21 aromatic carbocycles. The summed E-state index contributed by atoms with van der Waals surface area (Å²) in [6.45, 7) is 0. The van der Waals surface area contributed by atoms with Crippen LogP contribution >= 0.6 is 0 Å². The molecule has 0 atom stereocenters. The number of hydrogen-bond acceptors (Lipinski definition) is 12. The molecule has 0 radical (unpaired) electrons. The van der Waals surface area contributed by atoms with Crippen molar-refractivity contribution in [2.75, 3.05) is 0 Å². The van der Waals surface area contributed by atoms with Gasteiger partial charge in [0.1, 0.15) is 0 Å². The van der Waals surface area contributed by atoms with E-state index in [1.807, 2.05) is 115 Å². The molecule has 0 N–H and O–H groups in total. The summed E-state index contributed by atoms with van der Waals surface area (Å²) in [5.74, 6) is 5.63. The number of aromatic nitrogens is 12. The van der Waals surface area contributed by atoms with E-state index < -0.39 is 0 Å². The molecule has 6 heterocycles. The first-order chi connectivity index (χ1) is 71.3. The molecule has 0 amide bonds. The summed E-state index contributed by atoms with van der Waals surface area (Å²) in [6, 6.07) is 176. The lowest BCUT2D eigenvalue weighted by atomic mass is 9.96. The molecule has 0 saturated heterocycles. The highest BCUT2D eigenvalue weighted by Crippen LogP contribution is 2.43. The van der Waals surface area contributed by atoms with Crippen molar-refractivity contribution >= 4 is 97.3 Å².